The van der Waals surface area contributed by atoms with E-state index in [1.165, 1.54) is 24.9 Å². The monoisotopic (exact) mass is 502 g/mol. The average Bonchev–Trinajstić information content (AvgIpc) is 3.16. The maximum atomic E-state index is 5.80. The highest BCUT2D eigenvalue weighted by molar-refractivity contribution is 14.0. The van der Waals surface area contributed by atoms with Gasteiger partial charge in [0.2, 0.25) is 0 Å². The van der Waals surface area contributed by atoms with Gasteiger partial charge in [0.25, 0.3) is 0 Å². The Morgan fingerprint density at radius 1 is 1.25 bits per heavy atom. The largest absolute Gasteiger partial charge is 0.381 e. The summed E-state index contributed by atoms with van der Waals surface area (Å²) in [6.45, 7) is 5.38. The second-order valence-electron chi connectivity index (χ2n) is 7.56. The van der Waals surface area contributed by atoms with Crippen LogP contribution in [0, 0.1) is 0 Å². The average molecular weight is 502 g/mol. The topological polar surface area (TPSA) is 58.1 Å². The Balaban J connectivity index is 0.00000280. The van der Waals surface area contributed by atoms with E-state index in [-0.39, 0.29) is 29.6 Å². The zero-order valence-electron chi connectivity index (χ0n) is 17.2. The molecule has 2 heterocycles. The van der Waals surface area contributed by atoms with Gasteiger partial charge in [-0.1, -0.05) is 30.3 Å². The van der Waals surface area contributed by atoms with Crippen LogP contribution in [0.25, 0.3) is 0 Å². The number of nitrogens with one attached hydrogen (secondary N) is 2. The molecule has 6 nitrogen and oxygen atoms in total. The highest BCUT2D eigenvalue weighted by Crippen LogP contribution is 2.23. The number of guanidine groups is 1. The normalized spacial score (nSPS) is 22.5. The molecule has 1 aromatic carbocycles. The molecule has 7 heteroatoms. The van der Waals surface area contributed by atoms with E-state index in [1.54, 1.807) is 7.11 Å². The molecule has 0 radical (unpaired) electrons. The molecule has 0 bridgehead atoms. The van der Waals surface area contributed by atoms with E-state index in [2.05, 4.69) is 50.9 Å². The predicted molar refractivity (Wildman–Crippen MR) is 124 cm³/mol. The smallest absolute Gasteiger partial charge is 0.191 e. The van der Waals surface area contributed by atoms with Crippen molar-refractivity contribution in [1.29, 1.82) is 0 Å². The lowest BCUT2D eigenvalue weighted by Gasteiger charge is -2.36. The molecule has 1 unspecified atom stereocenters. The molecule has 0 amide bonds. The fourth-order valence-corrected chi connectivity index (χ4v) is 4.03. The van der Waals surface area contributed by atoms with E-state index in [1.807, 2.05) is 7.05 Å². The molecule has 1 atom stereocenters. The number of nitrogens with zero attached hydrogens (tertiary/aromatic N) is 2. The molecule has 158 valence electrons. The van der Waals surface area contributed by atoms with Gasteiger partial charge in [-0.15, -0.1) is 24.0 Å². The van der Waals surface area contributed by atoms with Gasteiger partial charge >= 0.3 is 0 Å². The summed E-state index contributed by atoms with van der Waals surface area (Å²) in [6.07, 6.45) is 4.33. The standard InChI is InChI=1S/C21H34N4O2.HI/c1-22-20(24-17-21(26-2)10-13-27-14-11-21)23-15-19-9-6-12-25(19)16-18-7-4-3-5-8-18;/h3-5,7-8,19H,6,9-17H2,1-2H3,(H2,22,23,24);1H. The minimum Gasteiger partial charge on any atom is -0.381 e. The van der Waals surface area contributed by atoms with Gasteiger partial charge in [-0.05, 0) is 24.9 Å². The molecule has 3 rings (SSSR count). The van der Waals surface area contributed by atoms with E-state index in [9.17, 15) is 0 Å². The van der Waals surface area contributed by atoms with Gasteiger partial charge < -0.3 is 20.1 Å². The van der Waals surface area contributed by atoms with Crippen molar-refractivity contribution in [2.45, 2.75) is 43.9 Å². The van der Waals surface area contributed by atoms with Crippen LogP contribution in [-0.4, -0.2) is 69.5 Å². The number of halogens is 1. The van der Waals surface area contributed by atoms with Crippen molar-refractivity contribution >= 4 is 29.9 Å². The van der Waals surface area contributed by atoms with Crippen LogP contribution in [0.5, 0.6) is 0 Å². The first kappa shape index (κ1) is 23.4. The minimum absolute atomic E-state index is 0. The van der Waals surface area contributed by atoms with Crippen molar-refractivity contribution in [3.8, 4) is 0 Å². The maximum Gasteiger partial charge on any atom is 0.191 e. The number of hydrogen-bond donors (Lipinski definition) is 2. The zero-order chi connectivity index (χ0) is 19.0. The predicted octanol–water partition coefficient (Wildman–Crippen LogP) is 2.63. The Labute approximate surface area is 186 Å². The van der Waals surface area contributed by atoms with Gasteiger partial charge in [-0.25, -0.2) is 0 Å². The lowest BCUT2D eigenvalue weighted by atomic mass is 9.94. The first-order chi connectivity index (χ1) is 13.2. The fourth-order valence-electron chi connectivity index (χ4n) is 4.03. The summed E-state index contributed by atoms with van der Waals surface area (Å²) in [6, 6.07) is 11.3. The van der Waals surface area contributed by atoms with Gasteiger partial charge in [0.15, 0.2) is 5.96 Å². The lowest BCUT2D eigenvalue weighted by Crippen LogP contribution is -2.52. The molecule has 2 fully saturated rings. The molecule has 0 saturated carbocycles. The summed E-state index contributed by atoms with van der Waals surface area (Å²) in [7, 11) is 3.62. The molecule has 0 spiro atoms. The number of hydrogen-bond acceptors (Lipinski definition) is 4. The molecular formula is C21H35IN4O2. The van der Waals surface area contributed by atoms with E-state index in [4.69, 9.17) is 9.47 Å². The van der Waals surface area contributed by atoms with Crippen molar-refractivity contribution in [1.82, 2.24) is 15.5 Å². The summed E-state index contributed by atoms with van der Waals surface area (Å²) in [5, 5.41) is 6.98. The SMILES string of the molecule is CN=C(NCC1CCCN1Cc1ccccc1)NCC1(OC)CCOCC1.I. The summed E-state index contributed by atoms with van der Waals surface area (Å²) in [5.74, 6) is 0.851. The Hall–Kier alpha value is -0.900. The van der Waals surface area contributed by atoms with Crippen LogP contribution in [0.3, 0.4) is 0 Å². The van der Waals surface area contributed by atoms with Gasteiger partial charge in [-0.2, -0.15) is 0 Å². The van der Waals surface area contributed by atoms with E-state index in [0.29, 0.717) is 6.04 Å². The highest BCUT2D eigenvalue weighted by Gasteiger charge is 2.32. The molecule has 2 saturated heterocycles. The zero-order valence-corrected chi connectivity index (χ0v) is 19.5. The number of aliphatic imine (C=N–C) groups is 1. The van der Waals surface area contributed by atoms with Gasteiger partial charge in [-0.3, -0.25) is 9.89 Å². The van der Waals surface area contributed by atoms with Crippen LogP contribution in [0.4, 0.5) is 0 Å². The van der Waals surface area contributed by atoms with Crippen LogP contribution >= 0.6 is 24.0 Å². The number of rotatable bonds is 7. The maximum absolute atomic E-state index is 5.80. The van der Waals surface area contributed by atoms with Crippen LogP contribution < -0.4 is 10.6 Å². The number of likely N-dealkylation sites (tertiary alicyclic amines) is 1. The Bertz CT molecular complexity index is 593. The van der Waals surface area contributed by atoms with Crippen molar-refractivity contribution < 1.29 is 9.47 Å². The summed E-state index contributed by atoms with van der Waals surface area (Å²) < 4.78 is 11.3. The van der Waals surface area contributed by atoms with Gasteiger partial charge in [0.05, 0.1) is 5.60 Å². The Kier molecular flexibility index (Phi) is 9.98. The van der Waals surface area contributed by atoms with Crippen molar-refractivity contribution in [2.75, 3.05) is 47.0 Å². The molecule has 0 aliphatic carbocycles. The first-order valence-electron chi connectivity index (χ1n) is 10.1. The van der Waals surface area contributed by atoms with Crippen LogP contribution in [0.2, 0.25) is 0 Å². The minimum atomic E-state index is -0.150. The van der Waals surface area contributed by atoms with Gasteiger partial charge in [0.1, 0.15) is 0 Å². The fraction of sp³-hybridized carbons (Fsp3) is 0.667. The number of methoxy groups -OCH3 is 1. The van der Waals surface area contributed by atoms with E-state index >= 15 is 0 Å². The molecule has 28 heavy (non-hydrogen) atoms. The summed E-state index contributed by atoms with van der Waals surface area (Å²) in [4.78, 5) is 6.97. The van der Waals surface area contributed by atoms with E-state index in [0.717, 1.165) is 51.6 Å². The van der Waals surface area contributed by atoms with Crippen LogP contribution in [0.1, 0.15) is 31.2 Å². The molecule has 2 N–H and O–H groups in total. The third kappa shape index (κ3) is 6.57. The van der Waals surface area contributed by atoms with Gasteiger partial charge in [0, 0.05) is 65.9 Å². The molecule has 0 aromatic heterocycles. The molecule has 2 aliphatic rings. The summed E-state index contributed by atoms with van der Waals surface area (Å²) in [5.41, 5.74) is 1.23. The highest BCUT2D eigenvalue weighted by atomic mass is 127. The Morgan fingerprint density at radius 2 is 2.00 bits per heavy atom. The summed E-state index contributed by atoms with van der Waals surface area (Å²) >= 11 is 0. The van der Waals surface area contributed by atoms with Crippen LogP contribution in [-0.2, 0) is 16.0 Å². The second kappa shape index (κ2) is 11.9. The van der Waals surface area contributed by atoms with Crippen LogP contribution in [0.15, 0.2) is 35.3 Å². The van der Waals surface area contributed by atoms with E-state index < -0.39 is 0 Å². The lowest BCUT2D eigenvalue weighted by molar-refractivity contribution is -0.0855. The molecule has 2 aliphatic heterocycles. The van der Waals surface area contributed by atoms with Crippen molar-refractivity contribution in [3.05, 3.63) is 35.9 Å². The third-order valence-corrected chi connectivity index (χ3v) is 5.87. The Morgan fingerprint density at radius 3 is 2.68 bits per heavy atom. The second-order valence-corrected chi connectivity index (χ2v) is 7.56. The first-order valence-corrected chi connectivity index (χ1v) is 10.1. The van der Waals surface area contributed by atoms with Crippen molar-refractivity contribution in [2.24, 2.45) is 4.99 Å². The quantitative estimate of drug-likeness (QED) is 0.341. The third-order valence-electron chi connectivity index (χ3n) is 5.87. The molecule has 1 aromatic rings. The number of benzene rings is 1. The number of ether oxygens (including phenoxy) is 2. The molecular weight excluding hydrogens is 467 g/mol. The van der Waals surface area contributed by atoms with Crippen molar-refractivity contribution in [3.63, 3.8) is 0 Å².